The molecule has 25 heavy (non-hydrogen) atoms. The average molecular weight is 375 g/mol. The Balaban J connectivity index is 1.35. The van der Waals surface area contributed by atoms with Gasteiger partial charge in [0, 0.05) is 0 Å². The molecule has 0 aliphatic carbocycles. The second kappa shape index (κ2) is 8.92. The Bertz CT molecular complexity index is 898. The van der Waals surface area contributed by atoms with Crippen molar-refractivity contribution in [2.75, 3.05) is 12.4 Å². The second-order valence-corrected chi connectivity index (χ2v) is 7.14. The van der Waals surface area contributed by atoms with Gasteiger partial charge in [0.05, 0.1) is 22.9 Å². The third-order valence-corrected chi connectivity index (χ3v) is 5.26. The van der Waals surface area contributed by atoms with E-state index in [2.05, 4.69) is 34.2 Å². The normalized spacial score (nSPS) is 10.9. The van der Waals surface area contributed by atoms with Gasteiger partial charge in [0.1, 0.15) is 5.75 Å². The minimum Gasteiger partial charge on any atom is -0.494 e. The number of rotatable bonds is 8. The van der Waals surface area contributed by atoms with E-state index in [-0.39, 0.29) is 5.69 Å². The highest BCUT2D eigenvalue weighted by molar-refractivity contribution is 7.99. The first kappa shape index (κ1) is 17.8. The van der Waals surface area contributed by atoms with Crippen molar-refractivity contribution < 1.29 is 4.74 Å². The van der Waals surface area contributed by atoms with Gasteiger partial charge < -0.3 is 4.74 Å². The second-order valence-electron chi connectivity index (χ2n) is 5.63. The quantitative estimate of drug-likeness (QED) is 0.345. The van der Waals surface area contributed by atoms with Crippen LogP contribution in [-0.4, -0.2) is 22.3 Å². The Labute approximate surface area is 155 Å². The van der Waals surface area contributed by atoms with Gasteiger partial charge in [-0.3, -0.25) is 4.98 Å². The molecule has 1 aromatic heterocycles. The molecule has 1 heterocycles. The Hall–Kier alpha value is -1.98. The van der Waals surface area contributed by atoms with Gasteiger partial charge in [-0.15, -0.1) is 11.8 Å². The van der Waals surface area contributed by atoms with Crippen molar-refractivity contribution in [3.8, 4) is 5.75 Å². The number of fused-ring (bicyclic) bond motifs is 1. The molecule has 0 aliphatic heterocycles. The summed E-state index contributed by atoms with van der Waals surface area (Å²) in [5.41, 5.74) is -0.365. The summed E-state index contributed by atoms with van der Waals surface area (Å²) in [4.78, 5) is 17.4. The number of aromatic nitrogens is 2. The Morgan fingerprint density at radius 2 is 1.92 bits per heavy atom. The van der Waals surface area contributed by atoms with Crippen LogP contribution in [0.2, 0.25) is 5.02 Å². The molecule has 0 fully saturated rings. The van der Waals surface area contributed by atoms with Crippen LogP contribution in [0.15, 0.2) is 58.5 Å². The van der Waals surface area contributed by atoms with Crippen molar-refractivity contribution in [3.05, 3.63) is 64.2 Å². The number of hydrogen-bond acceptors (Lipinski definition) is 4. The predicted octanol–water partition coefficient (Wildman–Crippen LogP) is 4.92. The third-order valence-electron chi connectivity index (χ3n) is 3.76. The molecule has 2 aromatic carbocycles. The largest absolute Gasteiger partial charge is 0.494 e. The molecule has 0 atom stereocenters. The summed E-state index contributed by atoms with van der Waals surface area (Å²) in [6.45, 7) is 0.704. The topological polar surface area (TPSA) is 55.0 Å². The summed E-state index contributed by atoms with van der Waals surface area (Å²) in [7, 11) is 0. The van der Waals surface area contributed by atoms with Gasteiger partial charge in [-0.05, 0) is 47.9 Å². The zero-order chi connectivity index (χ0) is 17.5. The maximum Gasteiger partial charge on any atom is 0.345 e. The predicted molar refractivity (Wildman–Crippen MR) is 104 cm³/mol. The highest BCUT2D eigenvalue weighted by Crippen LogP contribution is 2.24. The van der Waals surface area contributed by atoms with Crippen LogP contribution in [-0.2, 0) is 0 Å². The monoisotopic (exact) mass is 374 g/mol. The van der Waals surface area contributed by atoms with Crippen LogP contribution in [0.1, 0.15) is 19.3 Å². The first-order valence-corrected chi connectivity index (χ1v) is 9.58. The van der Waals surface area contributed by atoms with Crippen LogP contribution in [0.25, 0.3) is 10.8 Å². The fraction of sp³-hybridized carbons (Fsp3) is 0.263. The van der Waals surface area contributed by atoms with Gasteiger partial charge in [-0.1, -0.05) is 41.9 Å². The van der Waals surface area contributed by atoms with Crippen molar-refractivity contribution in [2.45, 2.75) is 24.3 Å². The Morgan fingerprint density at radius 3 is 2.80 bits per heavy atom. The van der Waals surface area contributed by atoms with Gasteiger partial charge >= 0.3 is 5.69 Å². The summed E-state index contributed by atoms with van der Waals surface area (Å²) in [6.07, 6.45) is 4.48. The molecule has 4 nitrogen and oxygen atoms in total. The molecule has 3 rings (SSSR count). The number of thioether (sulfide) groups is 1. The molecule has 0 amide bonds. The highest BCUT2D eigenvalue weighted by Gasteiger charge is 2.03. The minimum absolute atomic E-state index is 0.365. The lowest BCUT2D eigenvalue weighted by atomic mass is 10.1. The smallest absolute Gasteiger partial charge is 0.345 e. The lowest BCUT2D eigenvalue weighted by Gasteiger charge is -2.07. The van der Waals surface area contributed by atoms with Crippen LogP contribution in [0.5, 0.6) is 5.75 Å². The summed E-state index contributed by atoms with van der Waals surface area (Å²) in [6, 6.07) is 14.4. The highest BCUT2D eigenvalue weighted by atomic mass is 35.5. The van der Waals surface area contributed by atoms with Crippen LogP contribution in [0, 0.1) is 0 Å². The standard InChI is InChI=1S/C19H19ClN2O2S/c20-17-13-21-19(23)22-18(17)25-11-5-1-4-10-24-16-9-8-14-6-2-3-7-15(14)12-16/h2-3,6-9,12-13H,1,4-5,10-11H2,(H,21,22,23). The molecule has 130 valence electrons. The van der Waals surface area contributed by atoms with Crippen LogP contribution < -0.4 is 10.4 Å². The zero-order valence-electron chi connectivity index (χ0n) is 13.7. The van der Waals surface area contributed by atoms with Crippen molar-refractivity contribution in [2.24, 2.45) is 0 Å². The van der Waals surface area contributed by atoms with E-state index in [4.69, 9.17) is 16.3 Å². The van der Waals surface area contributed by atoms with Crippen molar-refractivity contribution >= 4 is 34.1 Å². The minimum atomic E-state index is -0.365. The maximum absolute atomic E-state index is 11.2. The summed E-state index contributed by atoms with van der Waals surface area (Å²) in [5, 5.41) is 3.60. The first-order chi connectivity index (χ1) is 12.2. The number of hydrogen-bond donors (Lipinski definition) is 1. The van der Waals surface area contributed by atoms with Crippen molar-refractivity contribution in [3.63, 3.8) is 0 Å². The molecule has 0 saturated carbocycles. The number of unbranched alkanes of at least 4 members (excludes halogenated alkanes) is 2. The van der Waals surface area contributed by atoms with E-state index >= 15 is 0 Å². The SMILES string of the molecule is O=c1ncc(Cl)c(SCCCCCOc2ccc3ccccc3c2)[nH]1. The van der Waals surface area contributed by atoms with E-state index in [9.17, 15) is 4.79 Å². The molecule has 0 radical (unpaired) electrons. The molecule has 0 aliphatic rings. The number of nitrogens with one attached hydrogen (secondary N) is 1. The number of benzene rings is 2. The van der Waals surface area contributed by atoms with E-state index in [1.165, 1.54) is 17.0 Å². The van der Waals surface area contributed by atoms with E-state index in [0.717, 1.165) is 30.8 Å². The molecule has 0 unspecified atom stereocenters. The zero-order valence-corrected chi connectivity index (χ0v) is 15.3. The van der Waals surface area contributed by atoms with Gasteiger partial charge in [-0.2, -0.15) is 0 Å². The number of H-pyrrole nitrogens is 1. The average Bonchev–Trinajstić information content (AvgIpc) is 2.63. The maximum atomic E-state index is 11.2. The molecular weight excluding hydrogens is 356 g/mol. The van der Waals surface area contributed by atoms with Gasteiger partial charge in [0.25, 0.3) is 0 Å². The van der Waals surface area contributed by atoms with E-state index in [0.29, 0.717) is 16.7 Å². The van der Waals surface area contributed by atoms with Crippen LogP contribution in [0.4, 0.5) is 0 Å². The molecule has 1 N–H and O–H groups in total. The van der Waals surface area contributed by atoms with Gasteiger partial charge in [0.2, 0.25) is 0 Å². The summed E-state index contributed by atoms with van der Waals surface area (Å²) >= 11 is 7.54. The molecule has 3 aromatic rings. The molecular formula is C19H19ClN2O2S. The number of ether oxygens (including phenoxy) is 1. The summed E-state index contributed by atoms with van der Waals surface area (Å²) in [5.74, 6) is 1.81. The Kier molecular flexibility index (Phi) is 6.36. The molecule has 0 spiro atoms. The molecule has 6 heteroatoms. The van der Waals surface area contributed by atoms with Crippen LogP contribution in [0.3, 0.4) is 0 Å². The fourth-order valence-electron chi connectivity index (χ4n) is 2.47. The van der Waals surface area contributed by atoms with Crippen LogP contribution >= 0.6 is 23.4 Å². The van der Waals surface area contributed by atoms with E-state index < -0.39 is 0 Å². The van der Waals surface area contributed by atoms with Gasteiger partial charge in [-0.25, -0.2) is 9.78 Å². The van der Waals surface area contributed by atoms with E-state index in [1.54, 1.807) is 11.8 Å². The lowest BCUT2D eigenvalue weighted by Crippen LogP contribution is -2.09. The number of halogens is 1. The van der Waals surface area contributed by atoms with E-state index in [1.807, 2.05) is 18.2 Å². The number of aromatic amines is 1. The molecule has 0 saturated heterocycles. The fourth-order valence-corrected chi connectivity index (χ4v) is 3.63. The Morgan fingerprint density at radius 1 is 1.08 bits per heavy atom. The lowest BCUT2D eigenvalue weighted by molar-refractivity contribution is 0.307. The third kappa shape index (κ3) is 5.25. The van der Waals surface area contributed by atoms with Gasteiger partial charge in [0.15, 0.2) is 0 Å². The molecule has 0 bridgehead atoms. The first-order valence-electron chi connectivity index (χ1n) is 8.21. The number of nitrogens with zero attached hydrogens (tertiary/aromatic N) is 1. The van der Waals surface area contributed by atoms with Crippen molar-refractivity contribution in [1.29, 1.82) is 0 Å². The van der Waals surface area contributed by atoms with Crippen molar-refractivity contribution in [1.82, 2.24) is 9.97 Å². The summed E-state index contributed by atoms with van der Waals surface area (Å²) < 4.78 is 5.83.